The third kappa shape index (κ3) is 3.22. The van der Waals surface area contributed by atoms with Gasteiger partial charge in [0, 0.05) is 6.20 Å². The molecule has 1 saturated heterocycles. The minimum Gasteiger partial charge on any atom is -0.398 e. The SMILES string of the molecule is CC(C)C(=C(F)B1OC(C)(C)C(C)(C)O1)c1ccc(Cl)nc1. The number of hydrogen-bond acceptors (Lipinski definition) is 3. The highest BCUT2D eigenvalue weighted by Crippen LogP contribution is 2.41. The van der Waals surface area contributed by atoms with E-state index in [0.29, 0.717) is 16.3 Å². The predicted molar refractivity (Wildman–Crippen MR) is 88.2 cm³/mol. The van der Waals surface area contributed by atoms with Gasteiger partial charge in [-0.05, 0) is 50.8 Å². The Morgan fingerprint density at radius 3 is 2.14 bits per heavy atom. The Hall–Kier alpha value is -0.905. The van der Waals surface area contributed by atoms with E-state index >= 15 is 4.39 Å². The molecule has 0 bridgehead atoms. The number of aromatic nitrogens is 1. The van der Waals surface area contributed by atoms with Crippen molar-refractivity contribution >= 4 is 24.3 Å². The van der Waals surface area contributed by atoms with Crippen LogP contribution in [0.3, 0.4) is 0 Å². The first-order chi connectivity index (χ1) is 10.0. The smallest absolute Gasteiger partial charge is 0.398 e. The van der Waals surface area contributed by atoms with Crippen LogP contribution in [0.2, 0.25) is 5.15 Å². The molecule has 1 aliphatic rings. The summed E-state index contributed by atoms with van der Waals surface area (Å²) in [7, 11) is -1.00. The van der Waals surface area contributed by atoms with Crippen molar-refractivity contribution in [2.24, 2.45) is 5.92 Å². The molecule has 3 nitrogen and oxygen atoms in total. The first-order valence-electron chi connectivity index (χ1n) is 7.42. The number of pyridine rings is 1. The van der Waals surface area contributed by atoms with Crippen molar-refractivity contribution in [3.63, 3.8) is 0 Å². The molecular formula is C16H22BClFNO2. The van der Waals surface area contributed by atoms with Gasteiger partial charge in [-0.2, -0.15) is 0 Å². The van der Waals surface area contributed by atoms with Crippen LogP contribution in [-0.2, 0) is 9.31 Å². The van der Waals surface area contributed by atoms with E-state index in [0.717, 1.165) is 0 Å². The van der Waals surface area contributed by atoms with Gasteiger partial charge in [0.15, 0.2) is 0 Å². The van der Waals surface area contributed by atoms with E-state index < -0.39 is 24.0 Å². The monoisotopic (exact) mass is 325 g/mol. The molecule has 2 heterocycles. The van der Waals surface area contributed by atoms with Crippen LogP contribution >= 0.6 is 11.6 Å². The number of rotatable bonds is 3. The van der Waals surface area contributed by atoms with Crippen LogP contribution < -0.4 is 0 Å². The quantitative estimate of drug-likeness (QED) is 0.596. The zero-order valence-corrected chi connectivity index (χ0v) is 14.7. The molecule has 6 heteroatoms. The van der Waals surface area contributed by atoms with E-state index in [2.05, 4.69) is 4.98 Å². The zero-order valence-electron chi connectivity index (χ0n) is 13.9. The normalized spacial score (nSPS) is 21.2. The lowest BCUT2D eigenvalue weighted by Gasteiger charge is -2.32. The molecule has 22 heavy (non-hydrogen) atoms. The molecule has 1 aromatic heterocycles. The fourth-order valence-electron chi connectivity index (χ4n) is 2.36. The summed E-state index contributed by atoms with van der Waals surface area (Å²) < 4.78 is 26.7. The Bertz CT molecular complexity index is 568. The first-order valence-corrected chi connectivity index (χ1v) is 7.80. The van der Waals surface area contributed by atoms with Crippen LogP contribution in [0.25, 0.3) is 5.57 Å². The van der Waals surface area contributed by atoms with Crippen molar-refractivity contribution in [2.75, 3.05) is 0 Å². The van der Waals surface area contributed by atoms with Crippen molar-refractivity contribution < 1.29 is 13.7 Å². The second-order valence-electron chi connectivity index (χ2n) is 6.87. The highest BCUT2D eigenvalue weighted by molar-refractivity contribution is 6.55. The first kappa shape index (κ1) is 17.4. The number of hydrogen-bond donors (Lipinski definition) is 0. The Balaban J connectivity index is 2.42. The molecular weight excluding hydrogens is 303 g/mol. The molecule has 0 spiro atoms. The molecule has 0 amide bonds. The maximum absolute atomic E-state index is 15.1. The van der Waals surface area contributed by atoms with Gasteiger partial charge in [-0.1, -0.05) is 31.5 Å². The topological polar surface area (TPSA) is 31.4 Å². The fourth-order valence-corrected chi connectivity index (χ4v) is 2.47. The second kappa shape index (κ2) is 5.95. The van der Waals surface area contributed by atoms with Gasteiger partial charge >= 0.3 is 7.12 Å². The van der Waals surface area contributed by atoms with Crippen LogP contribution in [0.1, 0.15) is 47.1 Å². The summed E-state index contributed by atoms with van der Waals surface area (Å²) in [6.45, 7) is 11.5. The number of allylic oxidation sites excluding steroid dienone is 1. The van der Waals surface area contributed by atoms with E-state index in [-0.39, 0.29) is 5.92 Å². The third-order valence-electron chi connectivity index (χ3n) is 4.33. The molecule has 0 atom stereocenters. The lowest BCUT2D eigenvalue weighted by atomic mass is 9.79. The second-order valence-corrected chi connectivity index (χ2v) is 7.26. The van der Waals surface area contributed by atoms with Gasteiger partial charge in [0.1, 0.15) is 10.9 Å². The molecule has 0 radical (unpaired) electrons. The molecule has 0 unspecified atom stereocenters. The molecule has 2 rings (SSSR count). The minimum atomic E-state index is -1.00. The maximum Gasteiger partial charge on any atom is 0.525 e. The Kier molecular flexibility index (Phi) is 4.72. The van der Waals surface area contributed by atoms with Gasteiger partial charge in [0.05, 0.1) is 11.2 Å². The van der Waals surface area contributed by atoms with Gasteiger partial charge in [-0.3, -0.25) is 0 Å². The van der Waals surface area contributed by atoms with Crippen molar-refractivity contribution in [3.8, 4) is 0 Å². The highest BCUT2D eigenvalue weighted by atomic mass is 35.5. The zero-order chi connectivity index (χ0) is 16.7. The molecule has 1 aliphatic heterocycles. The average molecular weight is 326 g/mol. The van der Waals surface area contributed by atoms with E-state index in [1.165, 1.54) is 0 Å². The number of nitrogens with zero attached hydrogens (tertiary/aromatic N) is 1. The number of halogens is 2. The molecule has 0 aliphatic carbocycles. The van der Waals surface area contributed by atoms with Gasteiger partial charge in [0.25, 0.3) is 0 Å². The largest absolute Gasteiger partial charge is 0.525 e. The summed E-state index contributed by atoms with van der Waals surface area (Å²) in [4.78, 5) is 4.03. The summed E-state index contributed by atoms with van der Waals surface area (Å²) >= 11 is 5.81. The summed E-state index contributed by atoms with van der Waals surface area (Å²) in [5, 5.41) is 0.378. The Morgan fingerprint density at radius 1 is 1.18 bits per heavy atom. The maximum atomic E-state index is 15.1. The fraction of sp³-hybridized carbons (Fsp3) is 0.562. The van der Waals surface area contributed by atoms with E-state index in [1.807, 2.05) is 41.5 Å². The average Bonchev–Trinajstić information content (AvgIpc) is 2.60. The van der Waals surface area contributed by atoms with E-state index in [1.54, 1.807) is 18.3 Å². The van der Waals surface area contributed by atoms with Crippen LogP contribution in [0.4, 0.5) is 4.39 Å². The van der Waals surface area contributed by atoms with Crippen LogP contribution in [0, 0.1) is 5.92 Å². The standard InChI is InChI=1S/C16H22BClFNO2/c1-10(2)13(11-7-8-12(18)20-9-11)14(19)17-21-15(3,4)16(5,6)22-17/h7-10H,1-6H3. The summed E-state index contributed by atoms with van der Waals surface area (Å²) in [5.41, 5.74) is -0.336. The van der Waals surface area contributed by atoms with Gasteiger partial charge < -0.3 is 9.31 Å². The predicted octanol–water partition coefficient (Wildman–Crippen LogP) is 4.70. The van der Waals surface area contributed by atoms with E-state index in [4.69, 9.17) is 20.9 Å². The lowest BCUT2D eigenvalue weighted by Crippen LogP contribution is -2.41. The Morgan fingerprint density at radius 2 is 1.73 bits per heavy atom. The van der Waals surface area contributed by atoms with Crippen LogP contribution in [0.5, 0.6) is 0 Å². The van der Waals surface area contributed by atoms with Crippen LogP contribution in [0.15, 0.2) is 24.1 Å². The molecule has 120 valence electrons. The molecule has 0 saturated carbocycles. The third-order valence-corrected chi connectivity index (χ3v) is 4.56. The molecule has 0 N–H and O–H groups in total. The van der Waals surface area contributed by atoms with Crippen molar-refractivity contribution in [1.82, 2.24) is 4.98 Å². The van der Waals surface area contributed by atoms with Crippen molar-refractivity contribution in [3.05, 3.63) is 34.8 Å². The summed E-state index contributed by atoms with van der Waals surface area (Å²) in [6.07, 6.45) is 1.57. The molecule has 1 aromatic rings. The summed E-state index contributed by atoms with van der Waals surface area (Å²) in [5.74, 6) is -0.0398. The summed E-state index contributed by atoms with van der Waals surface area (Å²) in [6, 6.07) is 3.41. The van der Waals surface area contributed by atoms with Gasteiger partial charge in [0.2, 0.25) is 0 Å². The highest BCUT2D eigenvalue weighted by Gasteiger charge is 2.53. The van der Waals surface area contributed by atoms with Crippen molar-refractivity contribution in [2.45, 2.75) is 52.7 Å². The lowest BCUT2D eigenvalue weighted by molar-refractivity contribution is 0.00578. The van der Waals surface area contributed by atoms with Gasteiger partial charge in [-0.25, -0.2) is 9.37 Å². The van der Waals surface area contributed by atoms with Crippen molar-refractivity contribution in [1.29, 1.82) is 0 Å². The molecule has 0 aromatic carbocycles. The minimum absolute atomic E-state index is 0.0398. The van der Waals surface area contributed by atoms with E-state index in [9.17, 15) is 0 Å². The Labute approximate surface area is 137 Å². The van der Waals surface area contributed by atoms with Crippen LogP contribution in [-0.4, -0.2) is 23.3 Å². The van der Waals surface area contributed by atoms with Gasteiger partial charge in [-0.15, -0.1) is 0 Å². The molecule has 1 fully saturated rings.